The van der Waals surface area contributed by atoms with Crippen LogP contribution in [0.2, 0.25) is 5.02 Å². The highest BCUT2D eigenvalue weighted by Gasteiger charge is 2.04. The number of benzene rings is 1. The topological polar surface area (TPSA) is 56.7 Å². The molecule has 2 rings (SSSR count). The van der Waals surface area contributed by atoms with Crippen molar-refractivity contribution in [1.82, 2.24) is 14.8 Å². The molecular weight excluding hydrogens is 200 g/mol. The van der Waals surface area contributed by atoms with Crippen LogP contribution in [-0.2, 0) is 6.54 Å². The maximum absolute atomic E-state index is 5.86. The maximum atomic E-state index is 5.86. The van der Waals surface area contributed by atoms with Gasteiger partial charge in [-0.1, -0.05) is 11.6 Å². The van der Waals surface area contributed by atoms with Gasteiger partial charge in [-0.25, -0.2) is 9.67 Å². The smallest absolute Gasteiger partial charge is 0.138 e. The highest BCUT2D eigenvalue weighted by Crippen LogP contribution is 2.18. The first kappa shape index (κ1) is 9.18. The van der Waals surface area contributed by atoms with Crippen molar-refractivity contribution in [2.75, 3.05) is 0 Å². The Morgan fingerprint density at radius 3 is 2.93 bits per heavy atom. The summed E-state index contributed by atoms with van der Waals surface area (Å²) in [5.74, 6) is 0. The third-order valence-corrected chi connectivity index (χ3v) is 2.16. The lowest BCUT2D eigenvalue weighted by atomic mass is 10.2. The number of hydrogen-bond acceptors (Lipinski definition) is 3. The van der Waals surface area contributed by atoms with Gasteiger partial charge in [-0.05, 0) is 23.8 Å². The maximum Gasteiger partial charge on any atom is 0.138 e. The molecule has 0 saturated heterocycles. The lowest BCUT2D eigenvalue weighted by molar-refractivity contribution is 0.857. The van der Waals surface area contributed by atoms with Crippen LogP contribution < -0.4 is 5.73 Å². The molecule has 0 aliphatic heterocycles. The van der Waals surface area contributed by atoms with Gasteiger partial charge in [0.1, 0.15) is 12.7 Å². The molecule has 0 radical (unpaired) electrons. The summed E-state index contributed by atoms with van der Waals surface area (Å²) >= 11 is 5.86. The number of halogens is 1. The molecule has 2 aromatic rings. The van der Waals surface area contributed by atoms with Gasteiger partial charge >= 0.3 is 0 Å². The Hall–Kier alpha value is -1.39. The van der Waals surface area contributed by atoms with E-state index < -0.39 is 0 Å². The summed E-state index contributed by atoms with van der Waals surface area (Å²) in [6.07, 6.45) is 3.11. The summed E-state index contributed by atoms with van der Waals surface area (Å²) in [5, 5.41) is 4.71. The second-order valence-corrected chi connectivity index (χ2v) is 3.25. The Kier molecular flexibility index (Phi) is 2.47. The first-order valence-electron chi connectivity index (χ1n) is 4.15. The van der Waals surface area contributed by atoms with E-state index in [1.165, 1.54) is 6.33 Å². The molecule has 14 heavy (non-hydrogen) atoms. The minimum atomic E-state index is 0.426. The van der Waals surface area contributed by atoms with Crippen molar-refractivity contribution in [2.45, 2.75) is 6.54 Å². The molecule has 0 bridgehead atoms. The quantitative estimate of drug-likeness (QED) is 0.811. The van der Waals surface area contributed by atoms with Gasteiger partial charge < -0.3 is 5.73 Å². The molecule has 1 aromatic heterocycles. The number of hydrogen-bond donors (Lipinski definition) is 1. The van der Waals surface area contributed by atoms with E-state index in [2.05, 4.69) is 10.1 Å². The molecule has 72 valence electrons. The van der Waals surface area contributed by atoms with Crippen LogP contribution in [0.3, 0.4) is 0 Å². The predicted octanol–water partition coefficient (Wildman–Crippen LogP) is 1.38. The van der Waals surface area contributed by atoms with E-state index in [9.17, 15) is 0 Å². The van der Waals surface area contributed by atoms with Gasteiger partial charge in [0.2, 0.25) is 0 Å². The Balaban J connectivity index is 2.53. The largest absolute Gasteiger partial charge is 0.326 e. The summed E-state index contributed by atoms with van der Waals surface area (Å²) in [6.45, 7) is 0.426. The average Bonchev–Trinajstić information content (AvgIpc) is 2.70. The zero-order valence-corrected chi connectivity index (χ0v) is 8.15. The van der Waals surface area contributed by atoms with Crippen LogP contribution in [0.15, 0.2) is 30.9 Å². The summed E-state index contributed by atoms with van der Waals surface area (Å²) in [4.78, 5) is 3.87. The molecule has 0 saturated carbocycles. The van der Waals surface area contributed by atoms with Crippen molar-refractivity contribution in [1.29, 1.82) is 0 Å². The van der Waals surface area contributed by atoms with Crippen molar-refractivity contribution in [2.24, 2.45) is 5.73 Å². The SMILES string of the molecule is NCc1cc(Cl)ccc1-n1cncn1. The second-order valence-electron chi connectivity index (χ2n) is 2.82. The van der Waals surface area contributed by atoms with Crippen LogP contribution in [0.5, 0.6) is 0 Å². The normalized spacial score (nSPS) is 10.4. The molecule has 0 unspecified atom stereocenters. The van der Waals surface area contributed by atoms with E-state index in [1.807, 2.05) is 12.1 Å². The fraction of sp³-hybridized carbons (Fsp3) is 0.111. The molecule has 0 fully saturated rings. The molecule has 0 aliphatic carbocycles. The van der Waals surface area contributed by atoms with Gasteiger partial charge in [0.15, 0.2) is 0 Å². The average molecular weight is 209 g/mol. The lowest BCUT2D eigenvalue weighted by Crippen LogP contribution is -2.04. The van der Waals surface area contributed by atoms with E-state index in [1.54, 1.807) is 17.1 Å². The van der Waals surface area contributed by atoms with Gasteiger partial charge in [0, 0.05) is 11.6 Å². The first-order chi connectivity index (χ1) is 6.81. The minimum absolute atomic E-state index is 0.426. The van der Waals surface area contributed by atoms with Gasteiger partial charge in [-0.2, -0.15) is 5.10 Å². The van der Waals surface area contributed by atoms with Crippen LogP contribution in [0.25, 0.3) is 5.69 Å². The standard InChI is InChI=1S/C9H9ClN4/c10-8-1-2-9(7(3-8)4-11)14-6-12-5-13-14/h1-3,5-6H,4,11H2. The third-order valence-electron chi connectivity index (χ3n) is 1.93. The molecule has 0 spiro atoms. The molecule has 0 aliphatic rings. The Morgan fingerprint density at radius 1 is 1.43 bits per heavy atom. The van der Waals surface area contributed by atoms with Crippen molar-refractivity contribution >= 4 is 11.6 Å². The third kappa shape index (κ3) is 1.62. The van der Waals surface area contributed by atoms with Gasteiger partial charge in [-0.15, -0.1) is 0 Å². The fourth-order valence-corrected chi connectivity index (χ4v) is 1.47. The summed E-state index contributed by atoms with van der Waals surface area (Å²) in [7, 11) is 0. The van der Waals surface area contributed by atoms with Crippen LogP contribution in [-0.4, -0.2) is 14.8 Å². The van der Waals surface area contributed by atoms with Crippen molar-refractivity contribution in [3.8, 4) is 5.69 Å². The monoisotopic (exact) mass is 208 g/mol. The molecular formula is C9H9ClN4. The minimum Gasteiger partial charge on any atom is -0.326 e. The van der Waals surface area contributed by atoms with E-state index in [0.717, 1.165) is 11.3 Å². The summed E-state index contributed by atoms with van der Waals surface area (Å²) in [5.41, 5.74) is 7.46. The second kappa shape index (κ2) is 3.77. The Labute approximate surface area is 86.3 Å². The predicted molar refractivity (Wildman–Crippen MR) is 54.3 cm³/mol. The van der Waals surface area contributed by atoms with Crippen LogP contribution in [0.4, 0.5) is 0 Å². The highest BCUT2D eigenvalue weighted by atomic mass is 35.5. The van der Waals surface area contributed by atoms with Crippen molar-refractivity contribution in [3.05, 3.63) is 41.4 Å². The molecule has 0 atom stereocenters. The van der Waals surface area contributed by atoms with E-state index in [0.29, 0.717) is 11.6 Å². The van der Waals surface area contributed by atoms with E-state index in [4.69, 9.17) is 17.3 Å². The number of nitrogens with zero attached hydrogens (tertiary/aromatic N) is 3. The summed E-state index contributed by atoms with van der Waals surface area (Å²) in [6, 6.07) is 5.51. The first-order valence-corrected chi connectivity index (χ1v) is 4.52. The zero-order chi connectivity index (χ0) is 9.97. The van der Waals surface area contributed by atoms with Crippen LogP contribution >= 0.6 is 11.6 Å². The molecule has 2 N–H and O–H groups in total. The van der Waals surface area contributed by atoms with Crippen LogP contribution in [0, 0.1) is 0 Å². The molecule has 1 aromatic carbocycles. The van der Waals surface area contributed by atoms with E-state index >= 15 is 0 Å². The molecule has 5 heteroatoms. The zero-order valence-electron chi connectivity index (χ0n) is 7.39. The molecule has 4 nitrogen and oxygen atoms in total. The number of aromatic nitrogens is 3. The molecule has 1 heterocycles. The van der Waals surface area contributed by atoms with E-state index in [-0.39, 0.29) is 0 Å². The van der Waals surface area contributed by atoms with Crippen molar-refractivity contribution < 1.29 is 0 Å². The summed E-state index contributed by atoms with van der Waals surface area (Å²) < 4.78 is 1.67. The fourth-order valence-electron chi connectivity index (χ4n) is 1.27. The lowest BCUT2D eigenvalue weighted by Gasteiger charge is -2.06. The van der Waals surface area contributed by atoms with Crippen LogP contribution in [0.1, 0.15) is 5.56 Å². The van der Waals surface area contributed by atoms with Gasteiger partial charge in [-0.3, -0.25) is 0 Å². The highest BCUT2D eigenvalue weighted by molar-refractivity contribution is 6.30. The number of rotatable bonds is 2. The Morgan fingerprint density at radius 2 is 2.29 bits per heavy atom. The van der Waals surface area contributed by atoms with Crippen molar-refractivity contribution in [3.63, 3.8) is 0 Å². The van der Waals surface area contributed by atoms with Gasteiger partial charge in [0.25, 0.3) is 0 Å². The Bertz CT molecular complexity index is 424. The number of nitrogens with two attached hydrogens (primary N) is 1. The molecule has 0 amide bonds. The van der Waals surface area contributed by atoms with Gasteiger partial charge in [0.05, 0.1) is 5.69 Å².